The number of hydrogen-bond donors (Lipinski definition) is 7. The average molecular weight is 330 g/mol. The fraction of sp³-hybridized carbons (Fsp3) is 0.300. The van der Waals surface area contributed by atoms with Gasteiger partial charge in [0.05, 0.1) is 12.5 Å². The van der Waals surface area contributed by atoms with E-state index in [1.54, 1.807) is 7.05 Å². The Bertz CT molecular complexity index is 566. The van der Waals surface area contributed by atoms with Gasteiger partial charge in [0.15, 0.2) is 0 Å². The van der Waals surface area contributed by atoms with Gasteiger partial charge in [0.25, 0.3) is 0 Å². The van der Waals surface area contributed by atoms with E-state index >= 15 is 0 Å². The molecule has 0 spiro atoms. The summed E-state index contributed by atoms with van der Waals surface area (Å²) < 4.78 is 1.43. The lowest BCUT2D eigenvalue weighted by molar-refractivity contribution is 0.204. The molecule has 0 fully saturated rings. The Morgan fingerprint density at radius 1 is 1.39 bits per heavy atom. The van der Waals surface area contributed by atoms with E-state index in [0.29, 0.717) is 18.1 Å². The van der Waals surface area contributed by atoms with Crippen LogP contribution in [0.4, 0.5) is 25.9 Å². The standard InChI is InChI=1S/C9H15N7O3.CH3NO2/c1-16-7(10)6(4-14-16)15-8(17)12-3-2-11-5-13-9(18)19;2-1(3)4/h4-5H,2-3,10H2,1H3,(H,11,13)(H,18,19)(H2,12,15,17);2H2,(H,3,4). The number of carbonyl (C=O) groups excluding carboxylic acids is 1. The zero-order valence-corrected chi connectivity index (χ0v) is 12.2. The van der Waals surface area contributed by atoms with E-state index in [4.69, 9.17) is 20.7 Å². The molecule has 0 radical (unpaired) electrons. The highest BCUT2D eigenvalue weighted by Crippen LogP contribution is 2.14. The van der Waals surface area contributed by atoms with Crippen molar-refractivity contribution in [2.24, 2.45) is 17.8 Å². The number of nitrogens with zero attached hydrogens (tertiary/aromatic N) is 3. The third kappa shape index (κ3) is 9.94. The summed E-state index contributed by atoms with van der Waals surface area (Å²) in [4.78, 5) is 33.3. The zero-order valence-electron chi connectivity index (χ0n) is 12.2. The van der Waals surface area contributed by atoms with Crippen molar-refractivity contribution in [3.8, 4) is 0 Å². The molecule has 13 nitrogen and oxygen atoms in total. The summed E-state index contributed by atoms with van der Waals surface area (Å²) in [5, 5.41) is 26.9. The lowest BCUT2D eigenvalue weighted by Gasteiger charge is -2.06. The van der Waals surface area contributed by atoms with Gasteiger partial charge in [-0.15, -0.1) is 0 Å². The van der Waals surface area contributed by atoms with Gasteiger partial charge in [-0.1, -0.05) is 0 Å². The molecule has 1 rings (SSSR count). The Balaban J connectivity index is 0.00000108. The van der Waals surface area contributed by atoms with Gasteiger partial charge in [-0.25, -0.2) is 14.4 Å². The second kappa shape index (κ2) is 10.3. The maximum absolute atomic E-state index is 11.4. The van der Waals surface area contributed by atoms with Crippen molar-refractivity contribution in [3.05, 3.63) is 6.20 Å². The predicted octanol–water partition coefficient (Wildman–Crippen LogP) is -0.957. The SMILES string of the molecule is Cn1ncc(NC(=O)NCCNC=NC(=O)O)c1N.NC(=O)O. The first kappa shape index (κ1) is 19.5. The van der Waals surface area contributed by atoms with Gasteiger partial charge in [-0.3, -0.25) is 4.68 Å². The van der Waals surface area contributed by atoms with E-state index in [9.17, 15) is 9.59 Å². The van der Waals surface area contributed by atoms with Crippen LogP contribution in [0, 0.1) is 0 Å². The van der Waals surface area contributed by atoms with Crippen molar-refractivity contribution in [1.29, 1.82) is 0 Å². The number of nitrogens with two attached hydrogens (primary N) is 2. The van der Waals surface area contributed by atoms with Crippen molar-refractivity contribution in [2.45, 2.75) is 0 Å². The lowest BCUT2D eigenvalue weighted by atomic mass is 10.5. The number of hydrogen-bond acceptors (Lipinski definition) is 5. The van der Waals surface area contributed by atoms with Gasteiger partial charge in [-0.2, -0.15) is 10.1 Å². The topological polar surface area (TPSA) is 210 Å². The van der Waals surface area contributed by atoms with Gasteiger partial charge in [0.1, 0.15) is 11.5 Å². The van der Waals surface area contributed by atoms with Gasteiger partial charge < -0.3 is 37.6 Å². The number of aromatic nitrogens is 2. The summed E-state index contributed by atoms with van der Waals surface area (Å²) in [5.41, 5.74) is 10.1. The summed E-state index contributed by atoms with van der Waals surface area (Å²) in [5.74, 6) is 0.349. The molecule has 0 atom stereocenters. The summed E-state index contributed by atoms with van der Waals surface area (Å²) in [6, 6.07) is -0.434. The molecule has 4 amide bonds. The molecule has 1 aromatic heterocycles. The van der Waals surface area contributed by atoms with Crippen LogP contribution in [0.2, 0.25) is 0 Å². The van der Waals surface area contributed by atoms with Gasteiger partial charge in [0, 0.05) is 20.1 Å². The Labute approximate surface area is 130 Å². The predicted molar refractivity (Wildman–Crippen MR) is 81.4 cm³/mol. The molecule has 0 unspecified atom stereocenters. The molecule has 23 heavy (non-hydrogen) atoms. The minimum Gasteiger partial charge on any atom is -0.465 e. The number of aliphatic imine (C=N–C) groups is 1. The molecular formula is C10H18N8O5. The van der Waals surface area contributed by atoms with Crippen LogP contribution in [0.3, 0.4) is 0 Å². The van der Waals surface area contributed by atoms with Crippen LogP contribution in [0.1, 0.15) is 0 Å². The third-order valence-corrected chi connectivity index (χ3v) is 2.05. The second-order valence-electron chi connectivity index (χ2n) is 3.78. The van der Waals surface area contributed by atoms with Crippen LogP contribution in [0.15, 0.2) is 11.2 Å². The Kier molecular flexibility index (Phi) is 8.69. The number of primary amides is 1. The summed E-state index contributed by atoms with van der Waals surface area (Å²) >= 11 is 0. The highest BCUT2D eigenvalue weighted by molar-refractivity contribution is 5.91. The molecule has 0 aliphatic carbocycles. The molecule has 0 aliphatic heterocycles. The number of rotatable bonds is 5. The highest BCUT2D eigenvalue weighted by Gasteiger charge is 2.07. The minimum atomic E-state index is -1.33. The van der Waals surface area contributed by atoms with Crippen molar-refractivity contribution < 1.29 is 24.6 Å². The molecular weight excluding hydrogens is 312 g/mol. The average Bonchev–Trinajstić information content (AvgIpc) is 2.74. The number of nitrogen functional groups attached to an aromatic ring is 1. The normalized spacial score (nSPS) is 9.61. The molecule has 1 aromatic rings. The second-order valence-corrected chi connectivity index (χ2v) is 3.78. The van der Waals surface area contributed by atoms with E-state index in [0.717, 1.165) is 6.34 Å². The number of nitrogens with one attached hydrogen (secondary N) is 3. The van der Waals surface area contributed by atoms with Gasteiger partial charge in [-0.05, 0) is 0 Å². The molecule has 0 aromatic carbocycles. The van der Waals surface area contributed by atoms with Crippen LogP contribution < -0.4 is 27.4 Å². The summed E-state index contributed by atoms with van der Waals surface area (Å²) in [7, 11) is 1.66. The van der Waals surface area contributed by atoms with Crippen LogP contribution in [0.5, 0.6) is 0 Å². The first-order valence-electron chi connectivity index (χ1n) is 6.03. The minimum absolute atomic E-state index is 0.289. The van der Waals surface area contributed by atoms with Crippen LogP contribution in [0.25, 0.3) is 0 Å². The number of anilines is 2. The van der Waals surface area contributed by atoms with Crippen LogP contribution in [-0.2, 0) is 7.05 Å². The monoisotopic (exact) mass is 330 g/mol. The van der Waals surface area contributed by atoms with E-state index in [1.165, 1.54) is 10.9 Å². The Morgan fingerprint density at radius 2 is 2.00 bits per heavy atom. The fourth-order valence-corrected chi connectivity index (χ4v) is 1.12. The molecule has 0 aliphatic rings. The fourth-order valence-electron chi connectivity index (χ4n) is 1.12. The Morgan fingerprint density at radius 3 is 2.48 bits per heavy atom. The number of urea groups is 1. The zero-order chi connectivity index (χ0) is 17.8. The number of carboxylic acid groups (broad SMARTS) is 2. The van der Waals surface area contributed by atoms with E-state index < -0.39 is 18.2 Å². The Hall–Kier alpha value is -3.51. The quantitative estimate of drug-likeness (QED) is 0.202. The number of carbonyl (C=O) groups is 3. The van der Waals surface area contributed by atoms with Crippen molar-refractivity contribution in [1.82, 2.24) is 20.4 Å². The molecule has 128 valence electrons. The van der Waals surface area contributed by atoms with Crippen LogP contribution in [-0.4, -0.2) is 57.6 Å². The molecule has 9 N–H and O–H groups in total. The first-order chi connectivity index (χ1) is 10.7. The third-order valence-electron chi connectivity index (χ3n) is 2.05. The summed E-state index contributed by atoms with van der Waals surface area (Å²) in [6.45, 7) is 0.629. The van der Waals surface area contributed by atoms with Gasteiger partial charge in [0.2, 0.25) is 0 Å². The van der Waals surface area contributed by atoms with E-state index in [-0.39, 0.29) is 6.54 Å². The maximum atomic E-state index is 11.4. The smallest absolute Gasteiger partial charge is 0.432 e. The molecule has 0 saturated carbocycles. The maximum Gasteiger partial charge on any atom is 0.432 e. The largest absolute Gasteiger partial charge is 0.465 e. The van der Waals surface area contributed by atoms with Crippen molar-refractivity contribution in [3.63, 3.8) is 0 Å². The highest BCUT2D eigenvalue weighted by atomic mass is 16.4. The molecule has 13 heteroatoms. The van der Waals surface area contributed by atoms with Crippen LogP contribution >= 0.6 is 0 Å². The lowest BCUT2D eigenvalue weighted by Crippen LogP contribution is -2.34. The number of amides is 4. The molecule has 0 saturated heterocycles. The molecule has 0 bridgehead atoms. The van der Waals surface area contributed by atoms with E-state index in [2.05, 4.69) is 31.8 Å². The van der Waals surface area contributed by atoms with Crippen molar-refractivity contribution >= 4 is 36.1 Å². The van der Waals surface area contributed by atoms with Crippen molar-refractivity contribution in [2.75, 3.05) is 24.1 Å². The van der Waals surface area contributed by atoms with E-state index in [1.807, 2.05) is 0 Å². The summed E-state index contributed by atoms with van der Waals surface area (Å²) in [6.07, 6.45) is -0.140. The number of aryl methyl sites for hydroxylation is 1. The molecule has 1 heterocycles. The van der Waals surface area contributed by atoms with Gasteiger partial charge >= 0.3 is 18.2 Å². The first-order valence-corrected chi connectivity index (χ1v) is 6.03.